The highest BCUT2D eigenvalue weighted by Gasteiger charge is 2.19. The highest BCUT2D eigenvalue weighted by atomic mass is 16.5. The molecule has 0 bridgehead atoms. The Kier molecular flexibility index (Phi) is 5.65. The summed E-state index contributed by atoms with van der Waals surface area (Å²) >= 11 is 0. The monoisotopic (exact) mass is 278 g/mol. The van der Waals surface area contributed by atoms with Crippen LogP contribution in [0.4, 0.5) is 5.69 Å². The van der Waals surface area contributed by atoms with Crippen molar-refractivity contribution in [1.82, 2.24) is 4.57 Å². The van der Waals surface area contributed by atoms with E-state index in [-0.39, 0.29) is 5.56 Å². The average Bonchev–Trinajstić information content (AvgIpc) is 2.48. The largest absolute Gasteiger partial charge is 0.383 e. The number of hydrogen-bond donors (Lipinski definition) is 1. The van der Waals surface area contributed by atoms with Crippen LogP contribution in [0.15, 0.2) is 23.1 Å². The molecular formula is C16H26N2O2. The molecule has 1 N–H and O–H groups in total. The van der Waals surface area contributed by atoms with Crippen molar-refractivity contribution in [1.29, 1.82) is 0 Å². The van der Waals surface area contributed by atoms with Gasteiger partial charge in [-0.3, -0.25) is 4.79 Å². The summed E-state index contributed by atoms with van der Waals surface area (Å²) in [6.45, 7) is 3.41. The van der Waals surface area contributed by atoms with E-state index in [1.54, 1.807) is 17.7 Å². The van der Waals surface area contributed by atoms with E-state index in [2.05, 4.69) is 12.2 Å². The van der Waals surface area contributed by atoms with Gasteiger partial charge in [-0.25, -0.2) is 0 Å². The first-order valence-electron chi connectivity index (χ1n) is 7.66. The third-order valence-corrected chi connectivity index (χ3v) is 4.27. The molecule has 0 radical (unpaired) electrons. The number of rotatable bonds is 6. The first-order valence-corrected chi connectivity index (χ1v) is 7.66. The SMILES string of the molecule is COCCn1cc(NC(C)C2CCCCC2)ccc1=O. The van der Waals surface area contributed by atoms with Crippen molar-refractivity contribution in [2.45, 2.75) is 51.6 Å². The van der Waals surface area contributed by atoms with Gasteiger partial charge in [-0.1, -0.05) is 19.3 Å². The van der Waals surface area contributed by atoms with E-state index in [0.29, 0.717) is 19.2 Å². The highest BCUT2D eigenvalue weighted by molar-refractivity contribution is 5.41. The van der Waals surface area contributed by atoms with Crippen molar-refractivity contribution in [3.05, 3.63) is 28.7 Å². The van der Waals surface area contributed by atoms with Gasteiger partial charge in [0.05, 0.1) is 12.3 Å². The molecule has 2 rings (SSSR count). The Hall–Kier alpha value is -1.29. The Morgan fingerprint density at radius 3 is 2.80 bits per heavy atom. The van der Waals surface area contributed by atoms with Gasteiger partial charge in [0, 0.05) is 32.0 Å². The quantitative estimate of drug-likeness (QED) is 0.870. The van der Waals surface area contributed by atoms with E-state index < -0.39 is 0 Å². The van der Waals surface area contributed by atoms with Crippen LogP contribution >= 0.6 is 0 Å². The van der Waals surface area contributed by atoms with Gasteiger partial charge < -0.3 is 14.6 Å². The van der Waals surface area contributed by atoms with Crippen molar-refractivity contribution in [3.8, 4) is 0 Å². The normalized spacial score (nSPS) is 17.9. The molecule has 112 valence electrons. The molecule has 1 aromatic rings. The summed E-state index contributed by atoms with van der Waals surface area (Å²) in [4.78, 5) is 11.7. The Bertz CT molecular complexity index is 464. The van der Waals surface area contributed by atoms with Gasteiger partial charge in [-0.2, -0.15) is 0 Å². The summed E-state index contributed by atoms with van der Waals surface area (Å²) in [5.41, 5.74) is 1.05. The van der Waals surface area contributed by atoms with Crippen LogP contribution in [-0.2, 0) is 11.3 Å². The molecule has 20 heavy (non-hydrogen) atoms. The molecule has 1 fully saturated rings. The molecule has 1 aliphatic carbocycles. The zero-order valence-electron chi connectivity index (χ0n) is 12.6. The van der Waals surface area contributed by atoms with Gasteiger partial charge in [-0.05, 0) is 31.7 Å². The minimum atomic E-state index is 0.0259. The maximum atomic E-state index is 11.7. The summed E-state index contributed by atoms with van der Waals surface area (Å²) < 4.78 is 6.74. The smallest absolute Gasteiger partial charge is 0.250 e. The summed E-state index contributed by atoms with van der Waals surface area (Å²) in [5, 5.41) is 3.56. The summed E-state index contributed by atoms with van der Waals surface area (Å²) in [6.07, 6.45) is 8.62. The fourth-order valence-corrected chi connectivity index (χ4v) is 3.00. The van der Waals surface area contributed by atoms with Gasteiger partial charge in [0.1, 0.15) is 0 Å². The minimum Gasteiger partial charge on any atom is -0.383 e. The molecule has 1 heterocycles. The Labute approximate surface area is 121 Å². The Morgan fingerprint density at radius 2 is 2.10 bits per heavy atom. The number of nitrogens with one attached hydrogen (secondary N) is 1. The lowest BCUT2D eigenvalue weighted by atomic mass is 9.84. The molecule has 4 nitrogen and oxygen atoms in total. The number of nitrogens with zero attached hydrogens (tertiary/aromatic N) is 1. The van der Waals surface area contributed by atoms with Gasteiger partial charge in [-0.15, -0.1) is 0 Å². The summed E-state index contributed by atoms with van der Waals surface area (Å²) in [7, 11) is 1.65. The number of aromatic nitrogens is 1. The third-order valence-electron chi connectivity index (χ3n) is 4.27. The van der Waals surface area contributed by atoms with Crippen molar-refractivity contribution in [3.63, 3.8) is 0 Å². The maximum Gasteiger partial charge on any atom is 0.250 e. The predicted octanol–water partition coefficient (Wildman–Crippen LogP) is 2.88. The number of ether oxygens (including phenoxy) is 1. The number of hydrogen-bond acceptors (Lipinski definition) is 3. The average molecular weight is 278 g/mol. The zero-order valence-corrected chi connectivity index (χ0v) is 12.6. The molecule has 0 aromatic carbocycles. The van der Waals surface area contributed by atoms with E-state index in [1.807, 2.05) is 12.3 Å². The fraction of sp³-hybridized carbons (Fsp3) is 0.688. The van der Waals surface area contributed by atoms with E-state index in [1.165, 1.54) is 32.1 Å². The fourth-order valence-electron chi connectivity index (χ4n) is 3.00. The zero-order chi connectivity index (χ0) is 14.4. The third kappa shape index (κ3) is 4.10. The molecule has 1 saturated carbocycles. The van der Waals surface area contributed by atoms with E-state index in [0.717, 1.165) is 11.6 Å². The van der Waals surface area contributed by atoms with Crippen LogP contribution < -0.4 is 10.9 Å². The second-order valence-electron chi connectivity index (χ2n) is 5.77. The molecular weight excluding hydrogens is 252 g/mol. The standard InChI is InChI=1S/C16H26N2O2/c1-13(14-6-4-3-5-7-14)17-15-8-9-16(19)18(12-15)10-11-20-2/h8-9,12-14,17H,3-7,10-11H2,1-2H3. The van der Waals surface area contributed by atoms with E-state index in [9.17, 15) is 4.79 Å². The van der Waals surface area contributed by atoms with Gasteiger partial charge in [0.25, 0.3) is 5.56 Å². The lowest BCUT2D eigenvalue weighted by Crippen LogP contribution is -2.29. The molecule has 4 heteroatoms. The molecule has 1 unspecified atom stereocenters. The van der Waals surface area contributed by atoms with Crippen molar-refractivity contribution in [2.24, 2.45) is 5.92 Å². The van der Waals surface area contributed by atoms with E-state index >= 15 is 0 Å². The Balaban J connectivity index is 1.99. The van der Waals surface area contributed by atoms with Crippen molar-refractivity contribution < 1.29 is 4.74 Å². The highest BCUT2D eigenvalue weighted by Crippen LogP contribution is 2.27. The summed E-state index contributed by atoms with van der Waals surface area (Å²) in [5.74, 6) is 0.753. The van der Waals surface area contributed by atoms with E-state index in [4.69, 9.17) is 4.74 Å². The van der Waals surface area contributed by atoms with Crippen LogP contribution in [0.25, 0.3) is 0 Å². The van der Waals surface area contributed by atoms with Gasteiger partial charge in [0.2, 0.25) is 0 Å². The molecule has 0 amide bonds. The molecule has 0 aliphatic heterocycles. The first kappa shape index (κ1) is 15.1. The van der Waals surface area contributed by atoms with Crippen LogP contribution in [-0.4, -0.2) is 24.3 Å². The first-order chi connectivity index (χ1) is 9.70. The molecule has 1 aliphatic rings. The van der Waals surface area contributed by atoms with Crippen LogP contribution in [0.5, 0.6) is 0 Å². The van der Waals surface area contributed by atoms with Gasteiger partial charge in [0.15, 0.2) is 0 Å². The number of pyridine rings is 1. The summed E-state index contributed by atoms with van der Waals surface area (Å²) in [6, 6.07) is 3.97. The maximum absolute atomic E-state index is 11.7. The molecule has 1 aromatic heterocycles. The molecule has 1 atom stereocenters. The lowest BCUT2D eigenvalue weighted by molar-refractivity contribution is 0.186. The molecule has 0 spiro atoms. The second-order valence-corrected chi connectivity index (χ2v) is 5.77. The number of methoxy groups -OCH3 is 1. The lowest BCUT2D eigenvalue weighted by Gasteiger charge is -2.29. The second kappa shape index (κ2) is 7.48. The predicted molar refractivity (Wildman–Crippen MR) is 82.2 cm³/mol. The van der Waals surface area contributed by atoms with Gasteiger partial charge >= 0.3 is 0 Å². The van der Waals surface area contributed by atoms with Crippen molar-refractivity contribution >= 4 is 5.69 Å². The van der Waals surface area contributed by atoms with Crippen LogP contribution in [0, 0.1) is 5.92 Å². The Morgan fingerprint density at radius 1 is 1.35 bits per heavy atom. The minimum absolute atomic E-state index is 0.0259. The van der Waals surface area contributed by atoms with Crippen LogP contribution in [0.2, 0.25) is 0 Å². The number of anilines is 1. The molecule has 0 saturated heterocycles. The van der Waals surface area contributed by atoms with Crippen LogP contribution in [0.3, 0.4) is 0 Å². The topological polar surface area (TPSA) is 43.3 Å². The van der Waals surface area contributed by atoms with Crippen LogP contribution in [0.1, 0.15) is 39.0 Å². The van der Waals surface area contributed by atoms with Crippen molar-refractivity contribution in [2.75, 3.05) is 19.0 Å².